The number of hydrogen-bond donors (Lipinski definition) is 0. The molecular weight excluding hydrogens is 290 g/mol. The highest BCUT2D eigenvalue weighted by atomic mass is 16.5. The molecule has 0 spiro atoms. The van der Waals surface area contributed by atoms with E-state index in [4.69, 9.17) is 9.47 Å². The first kappa shape index (κ1) is 16.6. The quantitative estimate of drug-likeness (QED) is 0.733. The summed E-state index contributed by atoms with van der Waals surface area (Å²) in [5, 5.41) is 0. The fraction of sp³-hybridized carbons (Fsp3) is 0.211. The first-order valence-electron chi connectivity index (χ1n) is 7.39. The average Bonchev–Trinajstić information content (AvgIpc) is 2.59. The van der Waals surface area contributed by atoms with Gasteiger partial charge in [-0.05, 0) is 36.8 Å². The molecule has 0 aliphatic carbocycles. The van der Waals surface area contributed by atoms with Crippen LogP contribution in [0.4, 0.5) is 5.69 Å². The fourth-order valence-electron chi connectivity index (χ4n) is 2.20. The third-order valence-corrected chi connectivity index (χ3v) is 3.35. The van der Waals surface area contributed by atoms with Crippen molar-refractivity contribution in [1.29, 1.82) is 0 Å². The maximum Gasteiger partial charge on any atom is 0.265 e. The van der Waals surface area contributed by atoms with Crippen molar-refractivity contribution in [3.05, 3.63) is 66.7 Å². The van der Waals surface area contributed by atoms with E-state index in [9.17, 15) is 4.79 Å². The third kappa shape index (κ3) is 4.36. The van der Waals surface area contributed by atoms with Gasteiger partial charge in [0.1, 0.15) is 0 Å². The van der Waals surface area contributed by atoms with Gasteiger partial charge in [-0.1, -0.05) is 30.3 Å². The molecule has 0 N–H and O–H groups in total. The maximum absolute atomic E-state index is 12.5. The van der Waals surface area contributed by atoms with Gasteiger partial charge in [0, 0.05) is 12.2 Å². The van der Waals surface area contributed by atoms with Crippen LogP contribution in [-0.2, 0) is 4.79 Å². The van der Waals surface area contributed by atoms with Crippen LogP contribution in [-0.4, -0.2) is 26.2 Å². The zero-order chi connectivity index (χ0) is 16.7. The average molecular weight is 311 g/mol. The normalized spacial score (nSPS) is 10.0. The van der Waals surface area contributed by atoms with E-state index in [0.717, 1.165) is 11.3 Å². The smallest absolute Gasteiger partial charge is 0.265 e. The predicted octanol–water partition coefficient (Wildman–Crippen LogP) is 3.60. The highest BCUT2D eigenvalue weighted by molar-refractivity contribution is 5.94. The van der Waals surface area contributed by atoms with Gasteiger partial charge in [-0.25, -0.2) is 0 Å². The molecule has 0 radical (unpaired) electrons. The Morgan fingerprint density at radius 3 is 2.57 bits per heavy atom. The maximum atomic E-state index is 12.5. The van der Waals surface area contributed by atoms with E-state index >= 15 is 0 Å². The zero-order valence-electron chi connectivity index (χ0n) is 13.5. The number of methoxy groups -OCH3 is 1. The molecule has 0 unspecified atom stereocenters. The summed E-state index contributed by atoms with van der Waals surface area (Å²) in [6.07, 6.45) is 1.69. The number of anilines is 1. The van der Waals surface area contributed by atoms with E-state index in [1.54, 1.807) is 18.1 Å². The molecule has 0 atom stereocenters. The SMILES string of the molecule is C=CCN(C(=O)COc1ccc(C)cc1OC)c1ccccc1. The molecule has 0 heterocycles. The summed E-state index contributed by atoms with van der Waals surface area (Å²) in [5.74, 6) is 1.03. The number of rotatable bonds is 7. The molecule has 0 saturated carbocycles. The molecule has 0 aliphatic heterocycles. The van der Waals surface area contributed by atoms with E-state index in [0.29, 0.717) is 18.0 Å². The molecular formula is C19H21NO3. The Morgan fingerprint density at radius 1 is 1.17 bits per heavy atom. The van der Waals surface area contributed by atoms with Crippen LogP contribution in [0.1, 0.15) is 5.56 Å². The van der Waals surface area contributed by atoms with Crippen LogP contribution >= 0.6 is 0 Å². The molecule has 0 aromatic heterocycles. The van der Waals surface area contributed by atoms with Crippen LogP contribution in [0.25, 0.3) is 0 Å². The zero-order valence-corrected chi connectivity index (χ0v) is 13.5. The minimum atomic E-state index is -0.140. The third-order valence-electron chi connectivity index (χ3n) is 3.35. The second-order valence-corrected chi connectivity index (χ2v) is 5.07. The number of nitrogens with zero attached hydrogens (tertiary/aromatic N) is 1. The molecule has 2 rings (SSSR count). The minimum Gasteiger partial charge on any atom is -0.493 e. The number of carbonyl (C=O) groups excluding carboxylic acids is 1. The molecule has 120 valence electrons. The number of carbonyl (C=O) groups is 1. The summed E-state index contributed by atoms with van der Waals surface area (Å²) in [7, 11) is 1.58. The number of hydrogen-bond acceptors (Lipinski definition) is 3. The van der Waals surface area contributed by atoms with Crippen molar-refractivity contribution in [1.82, 2.24) is 0 Å². The molecule has 2 aromatic carbocycles. The van der Waals surface area contributed by atoms with Gasteiger partial charge in [0.05, 0.1) is 7.11 Å². The lowest BCUT2D eigenvalue weighted by atomic mass is 10.2. The van der Waals surface area contributed by atoms with Gasteiger partial charge in [0.15, 0.2) is 18.1 Å². The van der Waals surface area contributed by atoms with Crippen molar-refractivity contribution < 1.29 is 14.3 Å². The number of ether oxygens (including phenoxy) is 2. The van der Waals surface area contributed by atoms with Gasteiger partial charge in [-0.2, -0.15) is 0 Å². The largest absolute Gasteiger partial charge is 0.493 e. The summed E-state index contributed by atoms with van der Waals surface area (Å²) in [6.45, 7) is 6.04. The highest BCUT2D eigenvalue weighted by Gasteiger charge is 2.16. The lowest BCUT2D eigenvalue weighted by molar-refractivity contribution is -0.120. The Bertz CT molecular complexity index is 668. The molecule has 4 nitrogen and oxygen atoms in total. The highest BCUT2D eigenvalue weighted by Crippen LogP contribution is 2.27. The van der Waals surface area contributed by atoms with Crippen molar-refractivity contribution in [3.8, 4) is 11.5 Å². The van der Waals surface area contributed by atoms with Crippen LogP contribution in [0.2, 0.25) is 0 Å². The van der Waals surface area contributed by atoms with Crippen LogP contribution < -0.4 is 14.4 Å². The van der Waals surface area contributed by atoms with E-state index < -0.39 is 0 Å². The first-order chi connectivity index (χ1) is 11.2. The topological polar surface area (TPSA) is 38.8 Å². The second kappa shape index (κ2) is 8.03. The summed E-state index contributed by atoms with van der Waals surface area (Å²) in [6, 6.07) is 15.1. The predicted molar refractivity (Wildman–Crippen MR) is 92.2 cm³/mol. The van der Waals surface area contributed by atoms with E-state index in [1.165, 1.54) is 0 Å². The molecule has 0 aliphatic rings. The molecule has 4 heteroatoms. The Morgan fingerprint density at radius 2 is 1.91 bits per heavy atom. The van der Waals surface area contributed by atoms with Crippen LogP contribution in [0.15, 0.2) is 61.2 Å². The molecule has 0 fully saturated rings. The van der Waals surface area contributed by atoms with Crippen molar-refractivity contribution in [3.63, 3.8) is 0 Å². The lowest BCUT2D eigenvalue weighted by Crippen LogP contribution is -2.35. The number of amides is 1. The Kier molecular flexibility index (Phi) is 5.80. The molecule has 23 heavy (non-hydrogen) atoms. The summed E-state index contributed by atoms with van der Waals surface area (Å²) in [5.41, 5.74) is 1.88. The van der Waals surface area contributed by atoms with E-state index in [1.807, 2.05) is 55.5 Å². The summed E-state index contributed by atoms with van der Waals surface area (Å²) >= 11 is 0. The fourth-order valence-corrected chi connectivity index (χ4v) is 2.20. The van der Waals surface area contributed by atoms with Crippen LogP contribution in [0.3, 0.4) is 0 Å². The van der Waals surface area contributed by atoms with Gasteiger partial charge in [0.2, 0.25) is 0 Å². The van der Waals surface area contributed by atoms with Crippen molar-refractivity contribution in [2.24, 2.45) is 0 Å². The Hall–Kier alpha value is -2.75. The van der Waals surface area contributed by atoms with Gasteiger partial charge < -0.3 is 14.4 Å². The number of aryl methyl sites for hydroxylation is 1. The minimum absolute atomic E-state index is 0.0673. The van der Waals surface area contributed by atoms with Gasteiger partial charge in [-0.15, -0.1) is 6.58 Å². The van der Waals surface area contributed by atoms with Crippen LogP contribution in [0, 0.1) is 6.92 Å². The molecule has 0 bridgehead atoms. The Balaban J connectivity index is 2.09. The van der Waals surface area contributed by atoms with Crippen molar-refractivity contribution in [2.75, 3.05) is 25.2 Å². The summed E-state index contributed by atoms with van der Waals surface area (Å²) < 4.78 is 10.9. The number of benzene rings is 2. The first-order valence-corrected chi connectivity index (χ1v) is 7.39. The molecule has 1 amide bonds. The Labute approximate surface area is 137 Å². The van der Waals surface area contributed by atoms with Gasteiger partial charge in [-0.3, -0.25) is 4.79 Å². The lowest BCUT2D eigenvalue weighted by Gasteiger charge is -2.21. The van der Waals surface area contributed by atoms with Gasteiger partial charge in [0.25, 0.3) is 5.91 Å². The number of para-hydroxylation sites is 1. The van der Waals surface area contributed by atoms with E-state index in [-0.39, 0.29) is 12.5 Å². The van der Waals surface area contributed by atoms with E-state index in [2.05, 4.69) is 6.58 Å². The van der Waals surface area contributed by atoms with Crippen molar-refractivity contribution in [2.45, 2.75) is 6.92 Å². The monoisotopic (exact) mass is 311 g/mol. The van der Waals surface area contributed by atoms with Crippen LogP contribution in [0.5, 0.6) is 11.5 Å². The second-order valence-electron chi connectivity index (χ2n) is 5.07. The van der Waals surface area contributed by atoms with Gasteiger partial charge >= 0.3 is 0 Å². The van der Waals surface area contributed by atoms with Crippen molar-refractivity contribution >= 4 is 11.6 Å². The molecule has 2 aromatic rings. The standard InChI is InChI=1S/C19H21NO3/c1-4-12-20(16-8-6-5-7-9-16)19(21)14-23-17-11-10-15(2)13-18(17)22-3/h4-11,13H,1,12,14H2,2-3H3. The summed E-state index contributed by atoms with van der Waals surface area (Å²) in [4.78, 5) is 14.1. The molecule has 0 saturated heterocycles.